The van der Waals surface area contributed by atoms with Gasteiger partial charge in [-0.05, 0) is 25.3 Å². The molecule has 3 rings (SSSR count). The van der Waals surface area contributed by atoms with Crippen LogP contribution < -0.4 is 16.4 Å². The topological polar surface area (TPSA) is 364 Å². The van der Waals surface area contributed by atoms with Crippen LogP contribution in [0.5, 0.6) is 0 Å². The van der Waals surface area contributed by atoms with Crippen molar-refractivity contribution < 1.29 is 80.5 Å². The lowest BCUT2D eigenvalue weighted by Crippen LogP contribution is -2.46. The fourth-order valence-electron chi connectivity index (χ4n) is 5.48. The number of phosphoric ester groups is 3. The number of thioether (sulfide) groups is 1. The Kier molecular flexibility index (Phi) is 20.8. The molecule has 2 aromatic heterocycles. The Bertz CT molecular complexity index is 1980. The number of carbonyl (C=O) groups excluding carboxylic acids is 3. The van der Waals surface area contributed by atoms with Crippen LogP contribution in [0, 0.1) is 5.41 Å². The molecule has 0 saturated carbocycles. The van der Waals surface area contributed by atoms with E-state index in [1.54, 1.807) is 6.08 Å². The highest BCUT2D eigenvalue weighted by atomic mass is 32.2. The number of anilines is 1. The van der Waals surface area contributed by atoms with Gasteiger partial charge in [0.1, 0.15) is 36.3 Å². The van der Waals surface area contributed by atoms with E-state index in [4.69, 9.17) is 19.5 Å². The van der Waals surface area contributed by atoms with Crippen LogP contribution in [0.25, 0.3) is 11.2 Å². The summed E-state index contributed by atoms with van der Waals surface area (Å²) in [5.41, 5.74) is 4.27. The normalized spacial score (nSPS) is 21.1. The van der Waals surface area contributed by atoms with Gasteiger partial charge in [0.05, 0.1) is 19.5 Å². The molecule has 0 aromatic carbocycles. The van der Waals surface area contributed by atoms with Gasteiger partial charge in [0, 0.05) is 30.7 Å². The number of fused-ring (bicyclic) bond motifs is 1. The highest BCUT2D eigenvalue weighted by Crippen LogP contribution is 2.61. The first-order valence-corrected chi connectivity index (χ1v) is 24.4. The van der Waals surface area contributed by atoms with Crippen molar-refractivity contribution in [1.82, 2.24) is 30.2 Å². The van der Waals surface area contributed by atoms with Gasteiger partial charge in [0.25, 0.3) is 0 Å². The molecule has 1 aliphatic heterocycles. The van der Waals surface area contributed by atoms with E-state index in [9.17, 15) is 57.9 Å². The SMILES string of the molecule is CCCCCCC=CCC=CC(=O)SCCNC(=O)CCNC(=O)[C@H](O)C(C)(C)COP(=O)(O)OP(=O)(O)OC[C@H]1O[C@@H](n2cnc3c(N)ncnc32)C(O)[C@H]1OP(=O)(O)O. The standard InChI is InChI=1S/C33H54N7O17P3S/c1-4-5-6-7-8-9-10-11-12-13-24(42)61-17-16-35-23(41)14-15-36-31(45)28(44)33(2,3)19-54-60(51,52)57-59(49,50)53-18-22-27(56-58(46,47)48)26(43)32(55-22)40-21-39-25-29(34)37-20-38-30(25)40/h9-10,12-13,20-22,26-28,32,43-44H,4-8,11,14-19H2,1-3H3,(H,35,41)(H,36,45)(H,49,50)(H,51,52)(H2,34,37,38)(H2,46,47,48)/t22-,26?,27+,28+,32-/m1/s1. The van der Waals surface area contributed by atoms with E-state index in [-0.39, 0.29) is 41.6 Å². The average Bonchev–Trinajstić information content (AvgIpc) is 3.73. The number of unbranched alkanes of at least 4 members (excludes halogenated alkanes) is 4. The summed E-state index contributed by atoms with van der Waals surface area (Å²) in [4.78, 5) is 87.8. The number of ether oxygens (including phenoxy) is 1. The lowest BCUT2D eigenvalue weighted by atomic mass is 9.87. The molecule has 3 unspecified atom stereocenters. The van der Waals surface area contributed by atoms with Gasteiger partial charge in [-0.15, -0.1) is 0 Å². The molecular formula is C33H54N7O17P3S. The zero-order valence-electron chi connectivity index (χ0n) is 33.6. The Labute approximate surface area is 355 Å². The van der Waals surface area contributed by atoms with Crippen molar-refractivity contribution in [3.05, 3.63) is 37.0 Å². The monoisotopic (exact) mass is 945 g/mol. The Morgan fingerprint density at radius 2 is 1.74 bits per heavy atom. The highest BCUT2D eigenvalue weighted by molar-refractivity contribution is 8.14. The Morgan fingerprint density at radius 3 is 2.44 bits per heavy atom. The second-order valence-electron chi connectivity index (χ2n) is 14.2. The quantitative estimate of drug-likeness (QED) is 0.0268. The van der Waals surface area contributed by atoms with E-state index in [0.29, 0.717) is 12.2 Å². The van der Waals surface area contributed by atoms with Crippen LogP contribution in [-0.4, -0.2) is 123 Å². The number of carbonyl (C=O) groups is 3. The zero-order chi connectivity index (χ0) is 45.4. The molecule has 1 saturated heterocycles. The third kappa shape index (κ3) is 18.0. The summed E-state index contributed by atoms with van der Waals surface area (Å²) in [5.74, 6) is -1.13. The molecule has 0 bridgehead atoms. The van der Waals surface area contributed by atoms with Gasteiger partial charge < -0.3 is 50.9 Å². The van der Waals surface area contributed by atoms with Crippen LogP contribution in [0.3, 0.4) is 0 Å². The van der Waals surface area contributed by atoms with Crippen molar-refractivity contribution in [3.63, 3.8) is 0 Å². The zero-order valence-corrected chi connectivity index (χ0v) is 37.1. The summed E-state index contributed by atoms with van der Waals surface area (Å²) in [6, 6.07) is 0. The third-order valence-electron chi connectivity index (χ3n) is 8.66. The number of nitrogens with zero attached hydrogens (tertiary/aromatic N) is 4. The summed E-state index contributed by atoms with van der Waals surface area (Å²) in [5, 5.41) is 26.3. The van der Waals surface area contributed by atoms with Crippen LogP contribution >= 0.6 is 35.2 Å². The second kappa shape index (κ2) is 24.2. The first kappa shape index (κ1) is 52.4. The summed E-state index contributed by atoms with van der Waals surface area (Å²) in [6.07, 6.45) is 6.88. The molecule has 3 heterocycles. The van der Waals surface area contributed by atoms with Crippen molar-refractivity contribution in [2.45, 2.75) is 96.4 Å². The first-order valence-electron chi connectivity index (χ1n) is 18.9. The molecule has 0 aliphatic carbocycles. The molecular weight excluding hydrogens is 891 g/mol. The maximum absolute atomic E-state index is 12.7. The van der Waals surface area contributed by atoms with Crippen molar-refractivity contribution in [2.75, 3.05) is 37.8 Å². The number of aromatic nitrogens is 4. The van der Waals surface area contributed by atoms with Gasteiger partial charge in [-0.1, -0.05) is 70.0 Å². The molecule has 0 radical (unpaired) electrons. The van der Waals surface area contributed by atoms with Gasteiger partial charge in [-0.3, -0.25) is 32.5 Å². The smallest absolute Gasteiger partial charge is 0.386 e. The van der Waals surface area contributed by atoms with E-state index >= 15 is 0 Å². The van der Waals surface area contributed by atoms with Gasteiger partial charge in [-0.25, -0.2) is 28.6 Å². The number of hydrogen-bond acceptors (Lipinski definition) is 18. The van der Waals surface area contributed by atoms with Crippen LogP contribution in [0.15, 0.2) is 37.0 Å². The van der Waals surface area contributed by atoms with Crippen LogP contribution in [0.2, 0.25) is 0 Å². The van der Waals surface area contributed by atoms with E-state index in [1.807, 2.05) is 6.08 Å². The molecule has 10 N–H and O–H groups in total. The third-order valence-corrected chi connectivity index (χ3v) is 12.6. The fourth-order valence-corrected chi connectivity index (χ4v) is 8.90. The number of hydrogen-bond donors (Lipinski definition) is 9. The number of imidazole rings is 1. The van der Waals surface area contributed by atoms with E-state index in [0.717, 1.165) is 41.8 Å². The largest absolute Gasteiger partial charge is 0.481 e. The highest BCUT2D eigenvalue weighted by Gasteiger charge is 2.50. The number of aliphatic hydroxyl groups excluding tert-OH is 2. The Balaban J connectivity index is 1.41. The number of aliphatic hydroxyl groups is 2. The molecule has 0 spiro atoms. The number of nitrogens with two attached hydrogens (primary N) is 1. The van der Waals surface area contributed by atoms with E-state index in [1.165, 1.54) is 39.2 Å². The lowest BCUT2D eigenvalue weighted by molar-refractivity contribution is -0.137. The van der Waals surface area contributed by atoms with E-state index in [2.05, 4.69) is 47.4 Å². The predicted molar refractivity (Wildman–Crippen MR) is 219 cm³/mol. The number of rotatable bonds is 27. The van der Waals surface area contributed by atoms with Gasteiger partial charge in [-0.2, -0.15) is 4.31 Å². The van der Waals surface area contributed by atoms with Gasteiger partial charge >= 0.3 is 23.5 Å². The number of amides is 2. The van der Waals surface area contributed by atoms with Gasteiger partial charge in [0.15, 0.2) is 17.7 Å². The molecule has 2 amide bonds. The molecule has 61 heavy (non-hydrogen) atoms. The van der Waals surface area contributed by atoms with Gasteiger partial charge in [0.2, 0.25) is 16.9 Å². The maximum Gasteiger partial charge on any atom is 0.481 e. The summed E-state index contributed by atoms with van der Waals surface area (Å²) < 4.78 is 62.2. The molecule has 2 aromatic rings. The molecule has 344 valence electrons. The average molecular weight is 946 g/mol. The Hall–Kier alpha value is -2.96. The molecule has 24 nitrogen and oxygen atoms in total. The minimum absolute atomic E-state index is 0.0304. The molecule has 1 fully saturated rings. The fraction of sp³-hybridized carbons (Fsp3) is 0.636. The lowest BCUT2D eigenvalue weighted by Gasteiger charge is -2.30. The molecule has 7 atom stereocenters. The van der Waals surface area contributed by atoms with Crippen molar-refractivity contribution in [3.8, 4) is 0 Å². The summed E-state index contributed by atoms with van der Waals surface area (Å²) >= 11 is 1.04. The van der Waals surface area contributed by atoms with Crippen molar-refractivity contribution in [1.29, 1.82) is 0 Å². The summed E-state index contributed by atoms with van der Waals surface area (Å²) in [7, 11) is -16.4. The van der Waals surface area contributed by atoms with Crippen molar-refractivity contribution in [2.24, 2.45) is 5.41 Å². The van der Waals surface area contributed by atoms with Crippen molar-refractivity contribution >= 4 is 69.1 Å². The number of phosphoric acid groups is 3. The van der Waals surface area contributed by atoms with Crippen LogP contribution in [0.4, 0.5) is 5.82 Å². The predicted octanol–water partition coefficient (Wildman–Crippen LogP) is 2.14. The van der Waals surface area contributed by atoms with Crippen LogP contribution in [-0.2, 0) is 50.7 Å². The minimum atomic E-state index is -5.57. The number of nitrogens with one attached hydrogen (secondary N) is 2. The Morgan fingerprint density at radius 1 is 1.02 bits per heavy atom. The molecule has 1 aliphatic rings. The van der Waals surface area contributed by atoms with E-state index < -0.39 is 84.6 Å². The summed E-state index contributed by atoms with van der Waals surface area (Å²) in [6.45, 7) is 2.64. The second-order valence-corrected chi connectivity index (χ2v) is 19.5. The molecule has 28 heteroatoms. The van der Waals surface area contributed by atoms with Crippen LogP contribution in [0.1, 0.15) is 71.9 Å². The minimum Gasteiger partial charge on any atom is -0.386 e. The number of allylic oxidation sites excluding steroid dienone is 3. The maximum atomic E-state index is 12.7. The number of nitrogen functional groups attached to an aromatic ring is 1. The first-order chi connectivity index (χ1) is 28.6.